The van der Waals surface area contributed by atoms with Gasteiger partial charge >= 0.3 is 0 Å². The SMILES string of the molecule is CC[C@H]1CCCCN1C(=O)CSc1nc2c(c(=O)n1C)S[C@H](C)C2. The summed E-state index contributed by atoms with van der Waals surface area (Å²) in [5.74, 6) is 0.530. The van der Waals surface area contributed by atoms with E-state index in [1.807, 2.05) is 4.90 Å². The molecule has 3 heterocycles. The Hall–Kier alpha value is -0.950. The summed E-state index contributed by atoms with van der Waals surface area (Å²) < 4.78 is 1.59. The van der Waals surface area contributed by atoms with Gasteiger partial charge in [0.2, 0.25) is 5.91 Å². The van der Waals surface area contributed by atoms with E-state index in [1.165, 1.54) is 18.2 Å². The van der Waals surface area contributed by atoms with E-state index in [1.54, 1.807) is 23.4 Å². The second-order valence-corrected chi connectivity index (χ2v) is 8.99. The summed E-state index contributed by atoms with van der Waals surface area (Å²) in [6, 6.07) is 0.376. The van der Waals surface area contributed by atoms with Crippen molar-refractivity contribution in [1.29, 1.82) is 0 Å². The largest absolute Gasteiger partial charge is 0.339 e. The van der Waals surface area contributed by atoms with E-state index in [2.05, 4.69) is 18.8 Å². The lowest BCUT2D eigenvalue weighted by molar-refractivity contribution is -0.132. The molecule has 7 heteroatoms. The molecule has 3 rings (SSSR count). The van der Waals surface area contributed by atoms with E-state index < -0.39 is 0 Å². The minimum Gasteiger partial charge on any atom is -0.339 e. The molecule has 132 valence electrons. The maximum absolute atomic E-state index is 12.6. The Balaban J connectivity index is 1.71. The Labute approximate surface area is 151 Å². The predicted molar refractivity (Wildman–Crippen MR) is 98.9 cm³/mol. The lowest BCUT2D eigenvalue weighted by Gasteiger charge is -2.35. The van der Waals surface area contributed by atoms with Gasteiger partial charge in [0.1, 0.15) is 0 Å². The first-order chi connectivity index (χ1) is 11.5. The van der Waals surface area contributed by atoms with Crippen LogP contribution in [0.5, 0.6) is 0 Å². The highest BCUT2D eigenvalue weighted by Crippen LogP contribution is 2.34. The van der Waals surface area contributed by atoms with Crippen LogP contribution in [-0.2, 0) is 18.3 Å². The zero-order valence-electron chi connectivity index (χ0n) is 14.6. The molecular formula is C17H25N3O2S2. The number of nitrogens with zero attached hydrogens (tertiary/aromatic N) is 3. The maximum Gasteiger partial charge on any atom is 0.267 e. The second kappa shape index (κ2) is 7.52. The Bertz CT molecular complexity index is 689. The van der Waals surface area contributed by atoms with Crippen molar-refractivity contribution in [2.45, 2.75) is 67.3 Å². The van der Waals surface area contributed by atoms with Gasteiger partial charge in [-0.05, 0) is 25.7 Å². The van der Waals surface area contributed by atoms with E-state index in [0.29, 0.717) is 22.2 Å². The quantitative estimate of drug-likeness (QED) is 0.605. The van der Waals surface area contributed by atoms with Gasteiger partial charge in [0.15, 0.2) is 5.16 Å². The standard InChI is InChI=1S/C17H25N3O2S2/c1-4-12-7-5-6-8-20(12)14(21)10-23-17-18-13-9-11(2)24-15(13)16(22)19(17)3/h11-12H,4-10H2,1-3H3/t11-,12+/m1/s1. The topological polar surface area (TPSA) is 55.2 Å². The zero-order chi connectivity index (χ0) is 17.3. The van der Waals surface area contributed by atoms with Gasteiger partial charge in [0.25, 0.3) is 5.56 Å². The van der Waals surface area contributed by atoms with E-state index in [9.17, 15) is 9.59 Å². The lowest BCUT2D eigenvalue weighted by Crippen LogP contribution is -2.44. The molecule has 0 bridgehead atoms. The van der Waals surface area contributed by atoms with Crippen LogP contribution in [0.15, 0.2) is 14.8 Å². The van der Waals surface area contributed by atoms with Crippen LogP contribution in [-0.4, -0.2) is 43.9 Å². The highest BCUT2D eigenvalue weighted by molar-refractivity contribution is 8.00. The van der Waals surface area contributed by atoms with Crippen LogP contribution >= 0.6 is 23.5 Å². The van der Waals surface area contributed by atoms with Crippen LogP contribution < -0.4 is 5.56 Å². The average molecular weight is 368 g/mol. The fourth-order valence-corrected chi connectivity index (χ4v) is 5.48. The first-order valence-electron chi connectivity index (χ1n) is 8.70. The van der Waals surface area contributed by atoms with E-state index >= 15 is 0 Å². The van der Waals surface area contributed by atoms with Crippen molar-refractivity contribution in [3.05, 3.63) is 16.0 Å². The normalized spacial score (nSPS) is 23.4. The molecule has 0 aliphatic carbocycles. The number of hydrogen-bond acceptors (Lipinski definition) is 5. The zero-order valence-corrected chi connectivity index (χ0v) is 16.2. The average Bonchev–Trinajstić information content (AvgIpc) is 2.97. The Morgan fingerprint density at radius 2 is 2.21 bits per heavy atom. The Morgan fingerprint density at radius 1 is 1.42 bits per heavy atom. The molecule has 1 amide bonds. The highest BCUT2D eigenvalue weighted by atomic mass is 32.2. The van der Waals surface area contributed by atoms with E-state index in [4.69, 9.17) is 0 Å². The highest BCUT2D eigenvalue weighted by Gasteiger charge is 2.27. The molecule has 0 spiro atoms. The number of fused-ring (bicyclic) bond motifs is 1. The summed E-state index contributed by atoms with van der Waals surface area (Å²) in [6.07, 6.45) is 5.27. The molecule has 0 radical (unpaired) electrons. The predicted octanol–water partition coefficient (Wildman–Crippen LogP) is 2.70. The summed E-state index contributed by atoms with van der Waals surface area (Å²) in [5, 5.41) is 1.06. The minimum absolute atomic E-state index is 0.0220. The van der Waals surface area contributed by atoms with Crippen LogP contribution in [0.2, 0.25) is 0 Å². The van der Waals surface area contributed by atoms with Gasteiger partial charge < -0.3 is 4.90 Å². The first-order valence-corrected chi connectivity index (χ1v) is 10.6. The first kappa shape index (κ1) is 17.9. The lowest BCUT2D eigenvalue weighted by atomic mass is 10.0. The number of piperidine rings is 1. The van der Waals surface area contributed by atoms with Crippen molar-refractivity contribution in [3.63, 3.8) is 0 Å². The molecule has 5 nitrogen and oxygen atoms in total. The summed E-state index contributed by atoms with van der Waals surface area (Å²) in [6.45, 7) is 5.12. The van der Waals surface area contributed by atoms with Crippen LogP contribution in [0.3, 0.4) is 0 Å². The Morgan fingerprint density at radius 3 is 2.96 bits per heavy atom. The molecule has 1 aromatic rings. The number of amides is 1. The van der Waals surface area contributed by atoms with Crippen molar-refractivity contribution in [2.24, 2.45) is 7.05 Å². The van der Waals surface area contributed by atoms with Gasteiger partial charge in [-0.2, -0.15) is 0 Å². The Kier molecular flexibility index (Phi) is 5.59. The molecule has 1 aromatic heterocycles. The summed E-state index contributed by atoms with van der Waals surface area (Å²) in [7, 11) is 1.75. The number of carbonyl (C=O) groups excluding carboxylic acids is 1. The number of rotatable bonds is 4. The number of carbonyl (C=O) groups is 1. The minimum atomic E-state index is 0.0220. The van der Waals surface area contributed by atoms with Gasteiger partial charge in [-0.3, -0.25) is 14.2 Å². The molecule has 0 saturated carbocycles. The third-order valence-electron chi connectivity index (χ3n) is 4.82. The molecule has 2 aliphatic heterocycles. The van der Waals surface area contributed by atoms with E-state index in [0.717, 1.165) is 42.8 Å². The molecule has 0 aromatic carbocycles. The molecule has 24 heavy (non-hydrogen) atoms. The van der Waals surface area contributed by atoms with Gasteiger partial charge in [-0.1, -0.05) is 25.6 Å². The molecule has 1 fully saturated rings. The maximum atomic E-state index is 12.6. The second-order valence-electron chi connectivity index (χ2n) is 6.60. The monoisotopic (exact) mass is 367 g/mol. The van der Waals surface area contributed by atoms with Crippen molar-refractivity contribution >= 4 is 29.4 Å². The van der Waals surface area contributed by atoms with Crippen molar-refractivity contribution in [2.75, 3.05) is 12.3 Å². The van der Waals surface area contributed by atoms with Crippen molar-refractivity contribution < 1.29 is 4.79 Å². The van der Waals surface area contributed by atoms with Crippen LogP contribution in [0.4, 0.5) is 0 Å². The van der Waals surface area contributed by atoms with Crippen LogP contribution in [0.25, 0.3) is 0 Å². The third kappa shape index (κ3) is 3.52. The number of likely N-dealkylation sites (tertiary alicyclic amines) is 1. The molecule has 1 saturated heterocycles. The number of hydrogen-bond donors (Lipinski definition) is 0. The fourth-order valence-electron chi connectivity index (χ4n) is 3.47. The van der Waals surface area contributed by atoms with Crippen LogP contribution in [0.1, 0.15) is 45.2 Å². The fraction of sp³-hybridized carbons (Fsp3) is 0.706. The van der Waals surface area contributed by atoms with Gasteiger partial charge in [0.05, 0.1) is 16.3 Å². The summed E-state index contributed by atoms with van der Waals surface area (Å²) in [4.78, 5) is 32.5. The third-order valence-corrected chi connectivity index (χ3v) is 7.05. The number of thioether (sulfide) groups is 2. The van der Waals surface area contributed by atoms with Gasteiger partial charge in [-0.25, -0.2) is 4.98 Å². The molecule has 0 N–H and O–H groups in total. The van der Waals surface area contributed by atoms with Gasteiger partial charge in [0, 0.05) is 31.3 Å². The molecular weight excluding hydrogens is 342 g/mol. The molecule has 2 atom stereocenters. The van der Waals surface area contributed by atoms with Crippen molar-refractivity contribution in [1.82, 2.24) is 14.5 Å². The smallest absolute Gasteiger partial charge is 0.267 e. The van der Waals surface area contributed by atoms with Crippen molar-refractivity contribution in [3.8, 4) is 0 Å². The van der Waals surface area contributed by atoms with Crippen LogP contribution in [0, 0.1) is 0 Å². The summed E-state index contributed by atoms with van der Waals surface area (Å²) in [5.41, 5.74) is 0.920. The van der Waals surface area contributed by atoms with Gasteiger partial charge in [-0.15, -0.1) is 11.8 Å². The number of aromatic nitrogens is 2. The van der Waals surface area contributed by atoms with E-state index in [-0.39, 0.29) is 11.5 Å². The molecule has 0 unspecified atom stereocenters. The summed E-state index contributed by atoms with van der Waals surface area (Å²) >= 11 is 3.00. The molecule has 2 aliphatic rings.